The van der Waals surface area contributed by atoms with Crippen molar-refractivity contribution in [2.24, 2.45) is 0 Å². The molecule has 0 aliphatic heterocycles. The normalized spacial score (nSPS) is 10.3. The van der Waals surface area contributed by atoms with Gasteiger partial charge in [-0.25, -0.2) is 0 Å². The van der Waals surface area contributed by atoms with Crippen molar-refractivity contribution < 1.29 is 4.79 Å². The van der Waals surface area contributed by atoms with Crippen LogP contribution >= 0.6 is 46.6 Å². The number of nitrogens with one attached hydrogen (secondary N) is 1. The number of carbonyl (C=O) groups excluding carboxylic acids is 1. The molecule has 2 rings (SSSR count). The number of amides is 1. The first-order valence-electron chi connectivity index (χ1n) is 6.68. The number of nitriles is 1. The Hall–Kier alpha value is -1.21. The number of aromatic nitrogens is 2. The van der Waals surface area contributed by atoms with E-state index in [0.717, 1.165) is 42.3 Å². The van der Waals surface area contributed by atoms with Gasteiger partial charge in [-0.15, -0.1) is 10.2 Å². The molecule has 0 aliphatic rings. The van der Waals surface area contributed by atoms with E-state index < -0.39 is 0 Å². The zero-order valence-electron chi connectivity index (χ0n) is 12.5. The molecule has 9 heteroatoms. The Balaban J connectivity index is 1.88. The average molecular weight is 383 g/mol. The summed E-state index contributed by atoms with van der Waals surface area (Å²) >= 11 is 5.64. The van der Waals surface area contributed by atoms with Crippen molar-refractivity contribution in [2.45, 2.75) is 27.4 Å². The van der Waals surface area contributed by atoms with Crippen molar-refractivity contribution in [1.29, 1.82) is 5.26 Å². The van der Waals surface area contributed by atoms with E-state index >= 15 is 0 Å². The van der Waals surface area contributed by atoms with E-state index in [1.54, 1.807) is 11.8 Å². The molecule has 0 radical (unpaired) electrons. The van der Waals surface area contributed by atoms with Crippen LogP contribution in [-0.4, -0.2) is 27.6 Å². The first-order chi connectivity index (χ1) is 11.1. The van der Waals surface area contributed by atoms with Crippen molar-refractivity contribution in [2.75, 3.05) is 16.8 Å². The predicted octanol–water partition coefficient (Wildman–Crippen LogP) is 4.26. The number of aryl methyl sites for hydroxylation is 1. The average Bonchev–Trinajstić information content (AvgIpc) is 2.96. The number of anilines is 1. The van der Waals surface area contributed by atoms with Gasteiger partial charge in [0.05, 0.1) is 5.75 Å². The van der Waals surface area contributed by atoms with Gasteiger partial charge >= 0.3 is 0 Å². The minimum Gasteiger partial charge on any atom is -0.325 e. The first kappa shape index (κ1) is 18.1. The topological polar surface area (TPSA) is 78.7 Å². The summed E-state index contributed by atoms with van der Waals surface area (Å²) < 4.78 is 1.73. The summed E-state index contributed by atoms with van der Waals surface area (Å²) in [7, 11) is 0. The van der Waals surface area contributed by atoms with Gasteiger partial charge in [-0.3, -0.25) is 4.79 Å². The maximum absolute atomic E-state index is 12.0. The number of benzene rings is 1. The molecular weight excluding hydrogens is 368 g/mol. The lowest BCUT2D eigenvalue weighted by atomic mass is 10.2. The number of rotatable bonds is 7. The number of thiocyanates is 1. The van der Waals surface area contributed by atoms with Crippen molar-refractivity contribution in [1.82, 2.24) is 10.2 Å². The fourth-order valence-corrected chi connectivity index (χ4v) is 4.84. The second-order valence-corrected chi connectivity index (χ2v) is 8.84. The third kappa shape index (κ3) is 5.73. The Morgan fingerprint density at radius 3 is 2.74 bits per heavy atom. The molecule has 23 heavy (non-hydrogen) atoms. The predicted molar refractivity (Wildman–Crippen MR) is 98.3 cm³/mol. The largest absolute Gasteiger partial charge is 0.325 e. The van der Waals surface area contributed by atoms with Crippen LogP contribution in [0.3, 0.4) is 0 Å². The van der Waals surface area contributed by atoms with E-state index in [2.05, 4.69) is 22.4 Å². The standard InChI is InChI=1S/C14H14N4OS4/c1-3-20-13-17-18-14(23-13)21-7-12(19)16-11-5-4-10(22-8-15)6-9(11)2/h4-6H,3,7H2,1-2H3,(H,16,19). The minimum absolute atomic E-state index is 0.0846. The lowest BCUT2D eigenvalue weighted by Crippen LogP contribution is -2.14. The summed E-state index contributed by atoms with van der Waals surface area (Å²) in [6.07, 6.45) is 0. The van der Waals surface area contributed by atoms with Crippen LogP contribution in [0.2, 0.25) is 0 Å². The molecule has 0 spiro atoms. The van der Waals surface area contributed by atoms with E-state index in [9.17, 15) is 4.79 Å². The number of thioether (sulfide) groups is 3. The summed E-state index contributed by atoms with van der Waals surface area (Å²) in [6, 6.07) is 5.52. The van der Waals surface area contributed by atoms with Gasteiger partial charge in [-0.05, 0) is 48.2 Å². The number of carbonyl (C=O) groups is 1. The van der Waals surface area contributed by atoms with Crippen LogP contribution < -0.4 is 5.32 Å². The quantitative estimate of drug-likeness (QED) is 0.566. The van der Waals surface area contributed by atoms with E-state index in [1.165, 1.54) is 23.1 Å². The number of hydrogen-bond donors (Lipinski definition) is 1. The van der Waals surface area contributed by atoms with E-state index in [0.29, 0.717) is 5.75 Å². The second kappa shape index (κ2) is 9.17. The van der Waals surface area contributed by atoms with Crippen LogP contribution in [0.1, 0.15) is 12.5 Å². The third-order valence-electron chi connectivity index (χ3n) is 2.62. The molecule has 2 aromatic rings. The van der Waals surface area contributed by atoms with Gasteiger partial charge in [0.1, 0.15) is 5.40 Å². The van der Waals surface area contributed by atoms with Gasteiger partial charge in [0.25, 0.3) is 0 Å². The molecule has 0 fully saturated rings. The zero-order chi connectivity index (χ0) is 16.7. The summed E-state index contributed by atoms with van der Waals surface area (Å²) in [5.41, 5.74) is 1.69. The Kier molecular flexibility index (Phi) is 7.23. The molecule has 0 aliphatic carbocycles. The Labute approximate surface area is 151 Å². The molecule has 1 N–H and O–H groups in total. The fraction of sp³-hybridized carbons (Fsp3) is 0.286. The second-order valence-electron chi connectivity index (χ2n) is 4.27. The molecular formula is C14H14N4OS4. The molecule has 1 aromatic carbocycles. The summed E-state index contributed by atoms with van der Waals surface area (Å²) in [4.78, 5) is 12.9. The molecule has 0 atom stereocenters. The maximum atomic E-state index is 12.0. The van der Waals surface area contributed by atoms with Gasteiger partial charge in [-0.1, -0.05) is 41.8 Å². The van der Waals surface area contributed by atoms with Gasteiger partial charge in [-0.2, -0.15) is 5.26 Å². The molecule has 0 unspecified atom stereocenters. The summed E-state index contributed by atoms with van der Waals surface area (Å²) in [5.74, 6) is 1.16. The molecule has 1 amide bonds. The molecule has 0 saturated heterocycles. The van der Waals surface area contributed by atoms with Crippen LogP contribution in [0.25, 0.3) is 0 Å². The van der Waals surface area contributed by atoms with Crippen LogP contribution in [0.15, 0.2) is 31.8 Å². The summed E-state index contributed by atoms with van der Waals surface area (Å²) in [6.45, 7) is 3.97. The van der Waals surface area contributed by atoms with Gasteiger partial charge in [0.15, 0.2) is 8.68 Å². The smallest absolute Gasteiger partial charge is 0.234 e. The SMILES string of the molecule is CCSc1nnc(SCC(=O)Nc2ccc(SC#N)cc2C)s1. The van der Waals surface area contributed by atoms with E-state index in [-0.39, 0.29) is 5.91 Å². The molecule has 5 nitrogen and oxygen atoms in total. The highest BCUT2D eigenvalue weighted by Crippen LogP contribution is 2.29. The Bertz CT molecular complexity index is 726. The third-order valence-corrected chi connectivity index (χ3v) is 6.27. The molecule has 120 valence electrons. The van der Waals surface area contributed by atoms with Crippen LogP contribution in [-0.2, 0) is 4.79 Å². The lowest BCUT2D eigenvalue weighted by Gasteiger charge is -2.08. The number of nitrogens with zero attached hydrogens (tertiary/aromatic N) is 3. The van der Waals surface area contributed by atoms with Crippen LogP contribution in [0.5, 0.6) is 0 Å². The minimum atomic E-state index is -0.0846. The van der Waals surface area contributed by atoms with Gasteiger partial charge < -0.3 is 5.32 Å². The van der Waals surface area contributed by atoms with Gasteiger partial charge in [0, 0.05) is 10.6 Å². The zero-order valence-corrected chi connectivity index (χ0v) is 15.8. The molecule has 1 heterocycles. The van der Waals surface area contributed by atoms with E-state index in [1.807, 2.05) is 30.5 Å². The Morgan fingerprint density at radius 1 is 1.35 bits per heavy atom. The van der Waals surface area contributed by atoms with Gasteiger partial charge in [0.2, 0.25) is 5.91 Å². The van der Waals surface area contributed by atoms with Crippen molar-refractivity contribution in [3.63, 3.8) is 0 Å². The number of hydrogen-bond acceptors (Lipinski definition) is 8. The molecule has 0 saturated carbocycles. The van der Waals surface area contributed by atoms with Crippen molar-refractivity contribution >= 4 is 58.2 Å². The summed E-state index contributed by atoms with van der Waals surface area (Å²) in [5, 5.41) is 21.7. The fourth-order valence-electron chi connectivity index (χ4n) is 1.64. The lowest BCUT2D eigenvalue weighted by molar-refractivity contribution is -0.113. The van der Waals surface area contributed by atoms with Crippen molar-refractivity contribution in [3.05, 3.63) is 23.8 Å². The molecule has 1 aromatic heterocycles. The highest BCUT2D eigenvalue weighted by Gasteiger charge is 2.10. The Morgan fingerprint density at radius 2 is 2.09 bits per heavy atom. The first-order valence-corrected chi connectivity index (χ1v) is 10.3. The monoisotopic (exact) mass is 382 g/mol. The highest BCUT2D eigenvalue weighted by molar-refractivity contribution is 8.04. The van der Waals surface area contributed by atoms with Crippen LogP contribution in [0, 0.1) is 17.6 Å². The van der Waals surface area contributed by atoms with E-state index in [4.69, 9.17) is 5.26 Å². The highest BCUT2D eigenvalue weighted by atomic mass is 32.2. The maximum Gasteiger partial charge on any atom is 0.234 e. The van der Waals surface area contributed by atoms with Crippen molar-refractivity contribution in [3.8, 4) is 5.40 Å². The van der Waals surface area contributed by atoms with Crippen LogP contribution in [0.4, 0.5) is 5.69 Å². The molecule has 0 bridgehead atoms.